The Morgan fingerprint density at radius 2 is 2.05 bits per heavy atom. The summed E-state index contributed by atoms with van der Waals surface area (Å²) in [5.74, 6) is 0.330. The third-order valence-corrected chi connectivity index (χ3v) is 5.40. The van der Waals surface area contributed by atoms with Gasteiger partial charge in [0, 0.05) is 26.2 Å². The number of sulfonamides is 1. The summed E-state index contributed by atoms with van der Waals surface area (Å²) in [4.78, 5) is 2.32. The number of nitrogens with zero attached hydrogens (tertiary/aromatic N) is 1. The van der Waals surface area contributed by atoms with Gasteiger partial charge in [-0.05, 0) is 37.0 Å². The molecule has 0 atom stereocenters. The molecule has 0 bridgehead atoms. The predicted octanol–water partition coefficient (Wildman–Crippen LogP) is 0.776. The molecule has 0 amide bonds. The molecule has 1 fully saturated rings. The summed E-state index contributed by atoms with van der Waals surface area (Å²) in [7, 11) is -3.48. The first-order valence-electron chi connectivity index (χ1n) is 7.23. The van der Waals surface area contributed by atoms with E-state index in [9.17, 15) is 13.5 Å². The number of hydrogen-bond donors (Lipinski definition) is 3. The Morgan fingerprint density at radius 1 is 1.38 bits per heavy atom. The van der Waals surface area contributed by atoms with Gasteiger partial charge in [0.25, 0.3) is 0 Å². The van der Waals surface area contributed by atoms with Crippen LogP contribution in [0.15, 0.2) is 23.1 Å². The summed E-state index contributed by atoms with van der Waals surface area (Å²) >= 11 is 0. The predicted molar refractivity (Wildman–Crippen MR) is 83.7 cm³/mol. The number of nitrogen functional groups attached to an aromatic ring is 1. The molecule has 1 aromatic carbocycles. The van der Waals surface area contributed by atoms with Gasteiger partial charge < -0.3 is 15.7 Å². The van der Waals surface area contributed by atoms with Gasteiger partial charge in [-0.1, -0.05) is 6.92 Å². The highest BCUT2D eigenvalue weighted by atomic mass is 32.2. The fraction of sp³-hybridized carbons (Fsp3) is 0.571. The third-order valence-electron chi connectivity index (χ3n) is 3.86. The van der Waals surface area contributed by atoms with Crippen molar-refractivity contribution in [2.45, 2.75) is 24.7 Å². The summed E-state index contributed by atoms with van der Waals surface area (Å²) in [5.41, 5.74) is 7.33. The minimum atomic E-state index is -3.48. The quantitative estimate of drug-likeness (QED) is 0.698. The Morgan fingerprint density at radius 3 is 2.62 bits per heavy atom. The van der Waals surface area contributed by atoms with E-state index >= 15 is 0 Å². The summed E-state index contributed by atoms with van der Waals surface area (Å²) in [6.07, 6.45) is 1.78. The van der Waals surface area contributed by atoms with Crippen molar-refractivity contribution in [3.05, 3.63) is 18.2 Å². The number of hydrogen-bond acceptors (Lipinski definition) is 5. The molecule has 1 aromatic rings. The first-order valence-corrected chi connectivity index (χ1v) is 8.71. The van der Waals surface area contributed by atoms with E-state index < -0.39 is 10.0 Å². The molecular formula is C14H23N3O3S. The van der Waals surface area contributed by atoms with E-state index in [1.165, 1.54) is 6.07 Å². The highest BCUT2D eigenvalue weighted by Gasteiger charge is 2.22. The normalized spacial score (nSPS) is 17.1. The molecule has 1 saturated heterocycles. The molecule has 7 heteroatoms. The van der Waals surface area contributed by atoms with Crippen molar-refractivity contribution < 1.29 is 13.5 Å². The number of anilines is 2. The summed E-state index contributed by atoms with van der Waals surface area (Å²) in [5, 5.41) is 9.18. The molecule has 0 aromatic heterocycles. The number of nitrogens with one attached hydrogen (secondary N) is 1. The topological polar surface area (TPSA) is 95.7 Å². The second kappa shape index (κ2) is 6.64. The van der Waals surface area contributed by atoms with Crippen LogP contribution in [-0.2, 0) is 10.0 Å². The standard InChI is InChI=1S/C14H23N3O3S/c1-2-16-21(19,20)12-3-4-13(15)14(9-12)17-7-5-11(10-18)6-8-17/h3-4,9,11,16,18H,2,5-8,10,15H2,1H3. The van der Waals surface area contributed by atoms with Crippen molar-refractivity contribution in [1.29, 1.82) is 0 Å². The van der Waals surface area contributed by atoms with Gasteiger partial charge in [-0.2, -0.15) is 0 Å². The van der Waals surface area contributed by atoms with E-state index in [0.29, 0.717) is 18.2 Å². The van der Waals surface area contributed by atoms with Gasteiger partial charge in [0.2, 0.25) is 10.0 Å². The lowest BCUT2D eigenvalue weighted by Crippen LogP contribution is -2.35. The molecular weight excluding hydrogens is 290 g/mol. The molecule has 0 saturated carbocycles. The van der Waals surface area contributed by atoms with Crippen LogP contribution < -0.4 is 15.4 Å². The van der Waals surface area contributed by atoms with E-state index in [1.54, 1.807) is 19.1 Å². The van der Waals surface area contributed by atoms with E-state index in [1.807, 2.05) is 0 Å². The molecule has 1 heterocycles. The lowest BCUT2D eigenvalue weighted by molar-refractivity contribution is 0.203. The molecule has 0 spiro atoms. The maximum absolute atomic E-state index is 12.1. The van der Waals surface area contributed by atoms with Gasteiger partial charge in [0.05, 0.1) is 16.3 Å². The number of piperidine rings is 1. The molecule has 4 N–H and O–H groups in total. The average molecular weight is 313 g/mol. The van der Waals surface area contributed by atoms with Crippen molar-refractivity contribution in [3.63, 3.8) is 0 Å². The van der Waals surface area contributed by atoms with Gasteiger partial charge in [0.15, 0.2) is 0 Å². The Labute approximate surface area is 126 Å². The second-order valence-electron chi connectivity index (χ2n) is 5.33. The van der Waals surface area contributed by atoms with Crippen LogP contribution in [0.25, 0.3) is 0 Å². The van der Waals surface area contributed by atoms with Gasteiger partial charge >= 0.3 is 0 Å². The van der Waals surface area contributed by atoms with Crippen LogP contribution in [-0.4, -0.2) is 39.8 Å². The minimum absolute atomic E-state index is 0.207. The molecule has 0 unspecified atom stereocenters. The Bertz CT molecular complexity index is 581. The van der Waals surface area contributed by atoms with Crippen LogP contribution >= 0.6 is 0 Å². The molecule has 1 aliphatic heterocycles. The molecule has 1 aliphatic rings. The van der Waals surface area contributed by atoms with E-state index in [-0.39, 0.29) is 11.5 Å². The summed E-state index contributed by atoms with van der Waals surface area (Å²) in [6.45, 7) is 3.86. The SMILES string of the molecule is CCNS(=O)(=O)c1ccc(N)c(N2CCC(CO)CC2)c1. The van der Waals surface area contributed by atoms with E-state index in [0.717, 1.165) is 31.6 Å². The summed E-state index contributed by atoms with van der Waals surface area (Å²) < 4.78 is 26.6. The molecule has 2 rings (SSSR count). The number of aliphatic hydroxyl groups excluding tert-OH is 1. The molecule has 0 radical (unpaired) electrons. The van der Waals surface area contributed by atoms with Gasteiger partial charge in [-0.25, -0.2) is 13.1 Å². The number of nitrogens with two attached hydrogens (primary N) is 1. The number of aliphatic hydroxyl groups is 1. The monoisotopic (exact) mass is 313 g/mol. The minimum Gasteiger partial charge on any atom is -0.397 e. The largest absolute Gasteiger partial charge is 0.397 e. The van der Waals surface area contributed by atoms with Gasteiger partial charge in [0.1, 0.15) is 0 Å². The Kier molecular flexibility index (Phi) is 5.08. The average Bonchev–Trinajstić information content (AvgIpc) is 2.47. The highest BCUT2D eigenvalue weighted by molar-refractivity contribution is 7.89. The fourth-order valence-electron chi connectivity index (χ4n) is 2.59. The lowest BCUT2D eigenvalue weighted by Gasteiger charge is -2.33. The van der Waals surface area contributed by atoms with Crippen LogP contribution in [0.4, 0.5) is 11.4 Å². The van der Waals surface area contributed by atoms with Gasteiger partial charge in [-0.15, -0.1) is 0 Å². The van der Waals surface area contributed by atoms with Crippen LogP contribution in [0.3, 0.4) is 0 Å². The zero-order chi connectivity index (χ0) is 15.5. The van der Waals surface area contributed by atoms with Gasteiger partial charge in [-0.3, -0.25) is 0 Å². The molecule has 0 aliphatic carbocycles. The van der Waals surface area contributed by atoms with Crippen LogP contribution in [0.5, 0.6) is 0 Å². The zero-order valence-electron chi connectivity index (χ0n) is 12.2. The first kappa shape index (κ1) is 16.1. The summed E-state index contributed by atoms with van der Waals surface area (Å²) in [6, 6.07) is 4.79. The number of benzene rings is 1. The van der Waals surface area contributed by atoms with Crippen LogP contribution in [0.2, 0.25) is 0 Å². The number of rotatable bonds is 5. The molecule has 6 nitrogen and oxygen atoms in total. The maximum atomic E-state index is 12.1. The highest BCUT2D eigenvalue weighted by Crippen LogP contribution is 2.30. The first-order chi connectivity index (χ1) is 9.97. The Balaban J connectivity index is 2.24. The van der Waals surface area contributed by atoms with Crippen molar-refractivity contribution in [2.75, 3.05) is 36.9 Å². The molecule has 118 valence electrons. The maximum Gasteiger partial charge on any atom is 0.240 e. The smallest absolute Gasteiger partial charge is 0.240 e. The molecule has 21 heavy (non-hydrogen) atoms. The van der Waals surface area contributed by atoms with Crippen LogP contribution in [0.1, 0.15) is 19.8 Å². The fourth-order valence-corrected chi connectivity index (χ4v) is 3.65. The van der Waals surface area contributed by atoms with Crippen LogP contribution in [0, 0.1) is 5.92 Å². The lowest BCUT2D eigenvalue weighted by atomic mass is 9.97. The van der Waals surface area contributed by atoms with Crippen molar-refractivity contribution >= 4 is 21.4 Å². The van der Waals surface area contributed by atoms with E-state index in [4.69, 9.17) is 5.73 Å². The third kappa shape index (κ3) is 3.66. The Hall–Kier alpha value is -1.31. The zero-order valence-corrected chi connectivity index (χ0v) is 13.1. The van der Waals surface area contributed by atoms with Crippen molar-refractivity contribution in [3.8, 4) is 0 Å². The van der Waals surface area contributed by atoms with Crippen molar-refractivity contribution in [1.82, 2.24) is 4.72 Å². The second-order valence-corrected chi connectivity index (χ2v) is 7.10. The van der Waals surface area contributed by atoms with E-state index in [2.05, 4.69) is 9.62 Å². The van der Waals surface area contributed by atoms with Crippen molar-refractivity contribution in [2.24, 2.45) is 5.92 Å².